The molecule has 1 aliphatic carbocycles. The average molecular weight is 179 g/mol. The molecule has 1 rings (SSSR count). The summed E-state index contributed by atoms with van der Waals surface area (Å²) in [6.45, 7) is 4.72. The van der Waals surface area contributed by atoms with Gasteiger partial charge < -0.3 is 10.1 Å². The predicted octanol–water partition coefficient (Wildman–Crippen LogP) is 2.91. The first kappa shape index (κ1) is 10.0. The van der Waals surface area contributed by atoms with Crippen LogP contribution in [0.5, 0.6) is 0 Å². The summed E-state index contributed by atoms with van der Waals surface area (Å²) in [7, 11) is 0. The molecule has 72 valence electrons. The predicted molar refractivity (Wildman–Crippen MR) is 55.0 cm³/mol. The minimum atomic E-state index is 0.300. The molecule has 1 atom stereocenters. The molecule has 0 aliphatic heterocycles. The molecular weight excluding hydrogens is 162 g/mol. The second-order valence-electron chi connectivity index (χ2n) is 3.12. The van der Waals surface area contributed by atoms with Crippen molar-refractivity contribution in [1.82, 2.24) is 0 Å². The van der Waals surface area contributed by atoms with Gasteiger partial charge in [-0.25, -0.2) is 0 Å². The summed E-state index contributed by atoms with van der Waals surface area (Å²) in [6.07, 6.45) is 7.86. The highest BCUT2D eigenvalue weighted by molar-refractivity contribution is 5.85. The van der Waals surface area contributed by atoms with E-state index in [2.05, 4.69) is 12.2 Å². The minimum absolute atomic E-state index is 0.300. The average Bonchev–Trinajstić information content (AvgIpc) is 2.18. The fourth-order valence-electron chi connectivity index (χ4n) is 1.40. The van der Waals surface area contributed by atoms with Crippen LogP contribution >= 0.6 is 0 Å². The Labute approximate surface area is 79.8 Å². The Hall–Kier alpha value is -1.05. The van der Waals surface area contributed by atoms with E-state index in [1.165, 1.54) is 0 Å². The summed E-state index contributed by atoms with van der Waals surface area (Å²) in [5.41, 5.74) is 0.808. The Morgan fingerprint density at radius 2 is 2.38 bits per heavy atom. The van der Waals surface area contributed by atoms with Crippen molar-refractivity contribution in [1.29, 1.82) is 5.41 Å². The van der Waals surface area contributed by atoms with Gasteiger partial charge in [0.2, 0.25) is 0 Å². The molecule has 2 nitrogen and oxygen atoms in total. The van der Waals surface area contributed by atoms with Crippen LogP contribution in [0.25, 0.3) is 0 Å². The normalized spacial score (nSPS) is 21.1. The van der Waals surface area contributed by atoms with Gasteiger partial charge in [0.05, 0.1) is 6.61 Å². The van der Waals surface area contributed by atoms with Crippen LogP contribution < -0.4 is 0 Å². The van der Waals surface area contributed by atoms with Gasteiger partial charge in [0.15, 0.2) is 0 Å². The number of nitrogens with one attached hydrogen (secondary N) is 1. The highest BCUT2D eigenvalue weighted by Gasteiger charge is 2.12. The first-order valence-corrected chi connectivity index (χ1v) is 4.86. The smallest absolute Gasteiger partial charge is 0.115 e. The monoisotopic (exact) mass is 179 g/mol. The molecule has 0 spiro atoms. The summed E-state index contributed by atoms with van der Waals surface area (Å²) in [4.78, 5) is 0. The van der Waals surface area contributed by atoms with Crippen LogP contribution in [0.2, 0.25) is 0 Å². The van der Waals surface area contributed by atoms with Crippen molar-refractivity contribution in [2.24, 2.45) is 5.92 Å². The molecule has 0 saturated carbocycles. The zero-order valence-corrected chi connectivity index (χ0v) is 8.34. The van der Waals surface area contributed by atoms with Crippen molar-refractivity contribution in [2.45, 2.75) is 26.7 Å². The van der Waals surface area contributed by atoms with Crippen LogP contribution in [0.1, 0.15) is 26.7 Å². The summed E-state index contributed by atoms with van der Waals surface area (Å²) >= 11 is 0. The quantitative estimate of drug-likeness (QED) is 0.661. The van der Waals surface area contributed by atoms with Gasteiger partial charge in [0, 0.05) is 11.6 Å². The summed E-state index contributed by atoms with van der Waals surface area (Å²) in [6, 6.07) is 0. The molecule has 1 N–H and O–H groups in total. The van der Waals surface area contributed by atoms with Crippen molar-refractivity contribution in [3.8, 4) is 0 Å². The SMILES string of the molecule is CCOC1=CCC(C(=N)CC)C=C1. The Bertz CT molecular complexity index is 240. The molecule has 0 radical (unpaired) electrons. The highest BCUT2D eigenvalue weighted by atomic mass is 16.5. The van der Waals surface area contributed by atoms with Crippen molar-refractivity contribution >= 4 is 5.71 Å². The molecular formula is C11H17NO. The fourth-order valence-corrected chi connectivity index (χ4v) is 1.40. The van der Waals surface area contributed by atoms with Crippen molar-refractivity contribution in [3.63, 3.8) is 0 Å². The van der Waals surface area contributed by atoms with Gasteiger partial charge in [-0.15, -0.1) is 0 Å². The third-order valence-corrected chi connectivity index (χ3v) is 2.21. The number of rotatable bonds is 4. The summed E-state index contributed by atoms with van der Waals surface area (Å²) < 4.78 is 5.35. The van der Waals surface area contributed by atoms with E-state index in [0.29, 0.717) is 12.5 Å². The lowest BCUT2D eigenvalue weighted by Gasteiger charge is -2.16. The molecule has 0 bridgehead atoms. The van der Waals surface area contributed by atoms with E-state index in [4.69, 9.17) is 10.1 Å². The lowest BCUT2D eigenvalue weighted by atomic mass is 9.93. The second kappa shape index (κ2) is 4.85. The molecule has 1 unspecified atom stereocenters. The Morgan fingerprint density at radius 3 is 2.85 bits per heavy atom. The minimum Gasteiger partial charge on any atom is -0.494 e. The van der Waals surface area contributed by atoms with E-state index in [1.54, 1.807) is 0 Å². The molecule has 0 aromatic rings. The number of hydrogen-bond acceptors (Lipinski definition) is 2. The maximum atomic E-state index is 7.68. The lowest BCUT2D eigenvalue weighted by molar-refractivity contribution is 0.239. The van der Waals surface area contributed by atoms with E-state index < -0.39 is 0 Å². The molecule has 0 aromatic heterocycles. The first-order chi connectivity index (χ1) is 6.27. The van der Waals surface area contributed by atoms with Gasteiger partial charge in [-0.1, -0.05) is 13.0 Å². The summed E-state index contributed by atoms with van der Waals surface area (Å²) in [5.74, 6) is 1.25. The molecule has 0 fully saturated rings. The Balaban J connectivity index is 2.48. The van der Waals surface area contributed by atoms with Crippen LogP contribution in [0.15, 0.2) is 24.0 Å². The van der Waals surface area contributed by atoms with Crippen LogP contribution in [-0.4, -0.2) is 12.3 Å². The second-order valence-corrected chi connectivity index (χ2v) is 3.12. The molecule has 1 aliphatic rings. The summed E-state index contributed by atoms with van der Waals surface area (Å²) in [5, 5.41) is 7.68. The molecule has 13 heavy (non-hydrogen) atoms. The number of ether oxygens (including phenoxy) is 1. The van der Waals surface area contributed by atoms with Crippen molar-refractivity contribution in [3.05, 3.63) is 24.0 Å². The van der Waals surface area contributed by atoms with E-state index >= 15 is 0 Å². The number of hydrogen-bond donors (Lipinski definition) is 1. The molecule has 2 heteroatoms. The molecule has 0 amide bonds. The van der Waals surface area contributed by atoms with Gasteiger partial charge in [0.25, 0.3) is 0 Å². The number of allylic oxidation sites excluding steroid dienone is 3. The van der Waals surface area contributed by atoms with Crippen LogP contribution in [0.4, 0.5) is 0 Å². The van der Waals surface area contributed by atoms with Crippen LogP contribution in [0.3, 0.4) is 0 Å². The maximum absolute atomic E-state index is 7.68. The highest BCUT2D eigenvalue weighted by Crippen LogP contribution is 2.18. The van der Waals surface area contributed by atoms with E-state index in [9.17, 15) is 0 Å². The van der Waals surface area contributed by atoms with E-state index in [-0.39, 0.29) is 0 Å². The molecule has 0 saturated heterocycles. The van der Waals surface area contributed by atoms with Crippen LogP contribution in [0, 0.1) is 11.3 Å². The fraction of sp³-hybridized carbons (Fsp3) is 0.545. The first-order valence-electron chi connectivity index (χ1n) is 4.86. The van der Waals surface area contributed by atoms with Gasteiger partial charge >= 0.3 is 0 Å². The van der Waals surface area contributed by atoms with Crippen molar-refractivity contribution < 1.29 is 4.74 Å². The Kier molecular flexibility index (Phi) is 3.74. The van der Waals surface area contributed by atoms with Crippen LogP contribution in [-0.2, 0) is 4.74 Å². The zero-order chi connectivity index (χ0) is 9.68. The standard InChI is InChI=1S/C11H17NO/c1-3-11(12)9-5-7-10(8-6-9)13-4-2/h5,7-9,12H,3-4,6H2,1-2H3. The molecule has 0 heterocycles. The molecule has 0 aromatic carbocycles. The van der Waals surface area contributed by atoms with Crippen molar-refractivity contribution in [2.75, 3.05) is 6.61 Å². The zero-order valence-electron chi connectivity index (χ0n) is 8.34. The Morgan fingerprint density at radius 1 is 1.62 bits per heavy atom. The third-order valence-electron chi connectivity index (χ3n) is 2.21. The van der Waals surface area contributed by atoms with Gasteiger partial charge in [0.1, 0.15) is 5.76 Å². The third kappa shape index (κ3) is 2.72. The maximum Gasteiger partial charge on any atom is 0.115 e. The van der Waals surface area contributed by atoms with E-state index in [0.717, 1.165) is 24.3 Å². The van der Waals surface area contributed by atoms with Gasteiger partial charge in [-0.05, 0) is 31.9 Å². The largest absolute Gasteiger partial charge is 0.494 e. The van der Waals surface area contributed by atoms with Gasteiger partial charge in [-0.3, -0.25) is 0 Å². The van der Waals surface area contributed by atoms with Gasteiger partial charge in [-0.2, -0.15) is 0 Å². The van der Waals surface area contributed by atoms with E-state index in [1.807, 2.05) is 19.9 Å². The lowest BCUT2D eigenvalue weighted by Crippen LogP contribution is -2.11. The topological polar surface area (TPSA) is 33.1 Å².